The number of hydrogen-bond acceptors (Lipinski definition) is 4. The molecule has 1 amide bonds. The third kappa shape index (κ3) is 5.26. The molecule has 0 saturated heterocycles. The average molecular weight is 392 g/mol. The van der Waals surface area contributed by atoms with Gasteiger partial charge in [-0.25, -0.2) is 0 Å². The molecule has 27 heavy (non-hydrogen) atoms. The fraction of sp³-hybridized carbons (Fsp3) is 0.400. The number of methoxy groups -OCH3 is 2. The minimum atomic E-state index is -0.230. The molecule has 0 atom stereocenters. The Morgan fingerprint density at radius 1 is 1.33 bits per heavy atom. The summed E-state index contributed by atoms with van der Waals surface area (Å²) in [6, 6.07) is 5.54. The van der Waals surface area contributed by atoms with Crippen LogP contribution in [0.1, 0.15) is 30.7 Å². The summed E-state index contributed by atoms with van der Waals surface area (Å²) < 4.78 is 12.4. The molecule has 6 nitrogen and oxygen atoms in total. The monoisotopic (exact) mass is 391 g/mol. The quantitative estimate of drug-likeness (QED) is 0.694. The Balaban J connectivity index is 2.06. The first-order chi connectivity index (χ1) is 12.9. The van der Waals surface area contributed by atoms with Crippen molar-refractivity contribution in [3.63, 3.8) is 0 Å². The van der Waals surface area contributed by atoms with Gasteiger partial charge in [-0.05, 0) is 25.0 Å². The Kier molecular flexibility index (Phi) is 7.30. The van der Waals surface area contributed by atoms with Crippen molar-refractivity contribution in [3.05, 3.63) is 46.2 Å². The first kappa shape index (κ1) is 20.8. The normalized spacial score (nSPS) is 11.2. The van der Waals surface area contributed by atoms with Gasteiger partial charge in [-0.15, -0.1) is 0 Å². The smallest absolute Gasteiger partial charge is 0.244 e. The van der Waals surface area contributed by atoms with Gasteiger partial charge < -0.3 is 14.8 Å². The molecular formula is C20H26ClN3O3. The maximum absolute atomic E-state index is 12.2. The van der Waals surface area contributed by atoms with Gasteiger partial charge in [-0.2, -0.15) is 5.10 Å². The molecule has 1 aromatic carbocycles. The molecule has 1 N–H and O–H groups in total. The van der Waals surface area contributed by atoms with Crippen molar-refractivity contribution in [2.24, 2.45) is 5.92 Å². The van der Waals surface area contributed by atoms with E-state index in [0.717, 1.165) is 23.4 Å². The number of amides is 1. The van der Waals surface area contributed by atoms with Crippen LogP contribution < -0.4 is 14.8 Å². The molecular weight excluding hydrogens is 366 g/mol. The van der Waals surface area contributed by atoms with E-state index in [1.807, 2.05) is 25.1 Å². The summed E-state index contributed by atoms with van der Waals surface area (Å²) in [5, 5.41) is 7.82. The third-order valence-electron chi connectivity index (χ3n) is 3.99. The molecule has 0 saturated carbocycles. The summed E-state index contributed by atoms with van der Waals surface area (Å²) in [6.45, 7) is 7.13. The molecule has 0 aliphatic heterocycles. The van der Waals surface area contributed by atoms with E-state index in [4.69, 9.17) is 21.1 Å². The van der Waals surface area contributed by atoms with Crippen LogP contribution in [0.4, 0.5) is 0 Å². The Morgan fingerprint density at radius 3 is 2.70 bits per heavy atom. The van der Waals surface area contributed by atoms with Gasteiger partial charge in [0.25, 0.3) is 0 Å². The van der Waals surface area contributed by atoms with Gasteiger partial charge in [0, 0.05) is 30.3 Å². The highest BCUT2D eigenvalue weighted by molar-refractivity contribution is 6.31. The van der Waals surface area contributed by atoms with E-state index in [-0.39, 0.29) is 5.91 Å². The number of para-hydroxylation sites is 1. The van der Waals surface area contributed by atoms with E-state index in [9.17, 15) is 4.79 Å². The molecule has 146 valence electrons. The molecule has 7 heteroatoms. The molecule has 0 unspecified atom stereocenters. The van der Waals surface area contributed by atoms with Crippen LogP contribution in [0.5, 0.6) is 11.5 Å². The number of carbonyl (C=O) groups excluding carboxylic acids is 1. The van der Waals surface area contributed by atoms with Crippen LogP contribution in [0, 0.1) is 12.8 Å². The van der Waals surface area contributed by atoms with E-state index in [2.05, 4.69) is 24.3 Å². The lowest BCUT2D eigenvalue weighted by Crippen LogP contribution is -2.20. The largest absolute Gasteiger partial charge is 0.493 e. The molecule has 1 heterocycles. The summed E-state index contributed by atoms with van der Waals surface area (Å²) in [5.41, 5.74) is 2.38. The maximum Gasteiger partial charge on any atom is 0.244 e. The van der Waals surface area contributed by atoms with Crippen LogP contribution in [0.25, 0.3) is 6.08 Å². The SMILES string of the molecule is COc1cccc(CNC(=O)/C=C/c2c(C)nn(CC(C)C)c2Cl)c1OC. The number of halogens is 1. The maximum atomic E-state index is 12.2. The standard InChI is InChI=1S/C20H26ClN3O3/c1-13(2)12-24-20(21)16(14(3)23-24)9-10-18(25)22-11-15-7-6-8-17(26-4)19(15)27-5/h6-10,13H,11-12H2,1-5H3,(H,22,25)/b10-9+. The van der Waals surface area contributed by atoms with E-state index < -0.39 is 0 Å². The van der Waals surface area contributed by atoms with Crippen LogP contribution in [-0.4, -0.2) is 29.9 Å². The van der Waals surface area contributed by atoms with Gasteiger partial charge in [0.1, 0.15) is 5.15 Å². The van der Waals surface area contributed by atoms with Crippen LogP contribution in [0.3, 0.4) is 0 Å². The van der Waals surface area contributed by atoms with Gasteiger partial charge in [-0.1, -0.05) is 37.6 Å². The lowest BCUT2D eigenvalue weighted by molar-refractivity contribution is -0.116. The highest BCUT2D eigenvalue weighted by Gasteiger charge is 2.13. The number of nitrogens with one attached hydrogen (secondary N) is 1. The molecule has 0 aliphatic rings. The topological polar surface area (TPSA) is 65.4 Å². The molecule has 2 rings (SSSR count). The zero-order chi connectivity index (χ0) is 20.0. The van der Waals surface area contributed by atoms with Crippen molar-refractivity contribution in [2.45, 2.75) is 33.9 Å². The summed E-state index contributed by atoms with van der Waals surface area (Å²) >= 11 is 6.39. The van der Waals surface area contributed by atoms with Gasteiger partial charge in [-0.3, -0.25) is 9.48 Å². The fourth-order valence-corrected chi connectivity index (χ4v) is 3.02. The second kappa shape index (κ2) is 9.46. The second-order valence-electron chi connectivity index (χ2n) is 6.57. The van der Waals surface area contributed by atoms with Crippen LogP contribution in [0.15, 0.2) is 24.3 Å². The highest BCUT2D eigenvalue weighted by atomic mass is 35.5. The van der Waals surface area contributed by atoms with Gasteiger partial charge in [0.05, 0.1) is 19.9 Å². The predicted octanol–water partition coefficient (Wildman–Crippen LogP) is 3.85. The van der Waals surface area contributed by atoms with E-state index in [1.165, 1.54) is 6.08 Å². The minimum Gasteiger partial charge on any atom is -0.493 e. The van der Waals surface area contributed by atoms with Gasteiger partial charge in [0.15, 0.2) is 11.5 Å². The summed E-state index contributed by atoms with van der Waals surface area (Å²) in [6.07, 6.45) is 3.15. The lowest BCUT2D eigenvalue weighted by atomic mass is 10.2. The Labute approximate surface area is 165 Å². The Hall–Kier alpha value is -2.47. The van der Waals surface area contributed by atoms with Crippen LogP contribution in [0.2, 0.25) is 5.15 Å². The van der Waals surface area contributed by atoms with Gasteiger partial charge in [0.2, 0.25) is 5.91 Å². The zero-order valence-electron chi connectivity index (χ0n) is 16.4. The van der Waals surface area contributed by atoms with Crippen molar-refractivity contribution in [1.82, 2.24) is 15.1 Å². The highest BCUT2D eigenvalue weighted by Crippen LogP contribution is 2.30. The van der Waals surface area contributed by atoms with Crippen molar-refractivity contribution in [2.75, 3.05) is 14.2 Å². The number of ether oxygens (including phenoxy) is 2. The van der Waals surface area contributed by atoms with Crippen LogP contribution >= 0.6 is 11.6 Å². The van der Waals surface area contributed by atoms with Crippen molar-refractivity contribution in [3.8, 4) is 11.5 Å². The summed E-state index contributed by atoms with van der Waals surface area (Å²) in [5.74, 6) is 1.43. The Morgan fingerprint density at radius 2 is 2.07 bits per heavy atom. The number of hydrogen-bond donors (Lipinski definition) is 1. The van der Waals surface area contributed by atoms with E-state index in [0.29, 0.717) is 29.1 Å². The molecule has 1 aromatic heterocycles. The lowest BCUT2D eigenvalue weighted by Gasteiger charge is -2.12. The summed E-state index contributed by atoms with van der Waals surface area (Å²) in [7, 11) is 3.15. The zero-order valence-corrected chi connectivity index (χ0v) is 17.1. The summed E-state index contributed by atoms with van der Waals surface area (Å²) in [4.78, 5) is 12.2. The van der Waals surface area contributed by atoms with Gasteiger partial charge >= 0.3 is 0 Å². The molecule has 2 aromatic rings. The molecule has 0 aliphatic carbocycles. The number of aromatic nitrogens is 2. The number of carbonyl (C=O) groups is 1. The number of benzene rings is 1. The molecule has 0 fully saturated rings. The van der Waals surface area contributed by atoms with Crippen LogP contribution in [-0.2, 0) is 17.9 Å². The van der Waals surface area contributed by atoms with Crippen molar-refractivity contribution < 1.29 is 14.3 Å². The molecule has 0 spiro atoms. The van der Waals surface area contributed by atoms with Crippen molar-refractivity contribution in [1.29, 1.82) is 0 Å². The van der Waals surface area contributed by atoms with E-state index >= 15 is 0 Å². The fourth-order valence-electron chi connectivity index (χ4n) is 2.72. The number of nitrogens with zero attached hydrogens (tertiary/aromatic N) is 2. The average Bonchev–Trinajstić information content (AvgIpc) is 2.90. The minimum absolute atomic E-state index is 0.230. The Bertz CT molecular complexity index is 828. The third-order valence-corrected chi connectivity index (χ3v) is 4.39. The second-order valence-corrected chi connectivity index (χ2v) is 6.93. The number of aryl methyl sites for hydroxylation is 1. The van der Waals surface area contributed by atoms with Crippen molar-refractivity contribution >= 4 is 23.6 Å². The van der Waals surface area contributed by atoms with E-state index in [1.54, 1.807) is 25.0 Å². The number of rotatable bonds is 8. The predicted molar refractivity (Wildman–Crippen MR) is 107 cm³/mol. The first-order valence-corrected chi connectivity index (χ1v) is 9.13. The molecule has 0 radical (unpaired) electrons. The molecule has 0 bridgehead atoms. The first-order valence-electron chi connectivity index (χ1n) is 8.76.